The van der Waals surface area contributed by atoms with Gasteiger partial charge >= 0.3 is 0 Å². The van der Waals surface area contributed by atoms with Crippen LogP contribution in [-0.2, 0) is 0 Å². The zero-order valence-electron chi connectivity index (χ0n) is 8.91. The average molecular weight is 226 g/mol. The summed E-state index contributed by atoms with van der Waals surface area (Å²) in [6.45, 7) is 4.13. The number of nitrogens with zero attached hydrogens (tertiary/aromatic N) is 2. The Morgan fingerprint density at radius 3 is 2.87 bits per heavy atom. The lowest BCUT2D eigenvalue weighted by molar-refractivity contribution is 0.733. The summed E-state index contributed by atoms with van der Waals surface area (Å²) in [7, 11) is 0. The number of halogens is 1. The minimum atomic E-state index is 0.596. The Morgan fingerprint density at radius 2 is 2.33 bits per heavy atom. The van der Waals surface area contributed by atoms with Crippen LogP contribution in [0.1, 0.15) is 19.8 Å². The highest BCUT2D eigenvalue weighted by molar-refractivity contribution is 6.30. The molecule has 1 aromatic heterocycles. The molecule has 82 valence electrons. The Kier molecular flexibility index (Phi) is 3.00. The fourth-order valence-corrected chi connectivity index (χ4v) is 1.86. The van der Waals surface area contributed by atoms with Crippen molar-refractivity contribution in [2.75, 3.05) is 23.7 Å². The van der Waals surface area contributed by atoms with Crippen LogP contribution in [0.4, 0.5) is 11.5 Å². The molecule has 0 radical (unpaired) electrons. The Bertz CT molecular complexity index is 350. The molecule has 0 spiro atoms. The van der Waals surface area contributed by atoms with E-state index in [4.69, 9.17) is 17.3 Å². The zero-order valence-corrected chi connectivity index (χ0v) is 9.67. The van der Waals surface area contributed by atoms with Gasteiger partial charge < -0.3 is 10.6 Å². The number of aromatic nitrogens is 1. The molecule has 4 heteroatoms. The summed E-state index contributed by atoms with van der Waals surface area (Å²) < 4.78 is 0. The normalized spacial score (nSPS) is 15.3. The highest BCUT2D eigenvalue weighted by Crippen LogP contribution is 2.32. The van der Waals surface area contributed by atoms with Crippen LogP contribution in [0.2, 0.25) is 5.02 Å². The van der Waals surface area contributed by atoms with Gasteiger partial charge in [-0.2, -0.15) is 0 Å². The molecule has 0 bridgehead atoms. The van der Waals surface area contributed by atoms with Crippen LogP contribution in [-0.4, -0.2) is 18.1 Å². The zero-order chi connectivity index (χ0) is 10.8. The highest BCUT2D eigenvalue weighted by Gasteiger charge is 2.25. The Morgan fingerprint density at radius 1 is 1.60 bits per heavy atom. The first kappa shape index (κ1) is 10.6. The number of pyridine rings is 1. The Balaban J connectivity index is 2.16. The topological polar surface area (TPSA) is 42.2 Å². The van der Waals surface area contributed by atoms with E-state index >= 15 is 0 Å². The number of rotatable bonds is 4. The van der Waals surface area contributed by atoms with E-state index in [1.165, 1.54) is 12.8 Å². The SMILES string of the molecule is CCN(CC1CC1)c1ncc(Cl)cc1N. The van der Waals surface area contributed by atoms with Crippen molar-refractivity contribution in [1.82, 2.24) is 4.98 Å². The van der Waals surface area contributed by atoms with Gasteiger partial charge in [0.2, 0.25) is 0 Å². The van der Waals surface area contributed by atoms with E-state index in [1.54, 1.807) is 12.3 Å². The molecule has 3 nitrogen and oxygen atoms in total. The van der Waals surface area contributed by atoms with Gasteiger partial charge in [-0.3, -0.25) is 0 Å². The number of hydrogen-bond donors (Lipinski definition) is 1. The third-order valence-corrected chi connectivity index (χ3v) is 2.93. The predicted octanol–water partition coefficient (Wildman–Crippen LogP) is 2.55. The van der Waals surface area contributed by atoms with Crippen molar-refractivity contribution in [2.45, 2.75) is 19.8 Å². The summed E-state index contributed by atoms with van der Waals surface area (Å²) in [5, 5.41) is 0.596. The molecule has 1 aliphatic carbocycles. The smallest absolute Gasteiger partial charge is 0.151 e. The molecule has 1 fully saturated rings. The van der Waals surface area contributed by atoms with Crippen LogP contribution in [0.25, 0.3) is 0 Å². The molecule has 0 amide bonds. The van der Waals surface area contributed by atoms with Gasteiger partial charge in [0.05, 0.1) is 10.7 Å². The van der Waals surface area contributed by atoms with E-state index in [0.29, 0.717) is 10.7 Å². The van der Waals surface area contributed by atoms with Crippen molar-refractivity contribution >= 4 is 23.1 Å². The number of hydrogen-bond acceptors (Lipinski definition) is 3. The van der Waals surface area contributed by atoms with Gasteiger partial charge in [0.25, 0.3) is 0 Å². The average Bonchev–Trinajstić information content (AvgIpc) is 2.99. The van der Waals surface area contributed by atoms with Crippen molar-refractivity contribution in [1.29, 1.82) is 0 Å². The van der Waals surface area contributed by atoms with Crippen molar-refractivity contribution in [3.8, 4) is 0 Å². The largest absolute Gasteiger partial charge is 0.396 e. The number of nitrogens with two attached hydrogens (primary N) is 1. The van der Waals surface area contributed by atoms with Crippen LogP contribution < -0.4 is 10.6 Å². The maximum Gasteiger partial charge on any atom is 0.151 e. The maximum absolute atomic E-state index is 5.91. The molecule has 0 saturated heterocycles. The standard InChI is InChI=1S/C11H16ClN3/c1-2-15(7-8-3-4-8)11-10(13)5-9(12)6-14-11/h5-6,8H,2-4,7,13H2,1H3. The number of anilines is 2. The van der Waals surface area contributed by atoms with E-state index in [0.717, 1.165) is 24.8 Å². The quantitative estimate of drug-likeness (QED) is 0.857. The Hall–Kier alpha value is -0.960. The lowest BCUT2D eigenvalue weighted by atomic mass is 10.3. The van der Waals surface area contributed by atoms with Gasteiger partial charge in [-0.15, -0.1) is 0 Å². The summed E-state index contributed by atoms with van der Waals surface area (Å²) in [4.78, 5) is 6.52. The van der Waals surface area contributed by atoms with Gasteiger partial charge in [-0.05, 0) is 31.7 Å². The molecule has 2 N–H and O–H groups in total. The summed E-state index contributed by atoms with van der Waals surface area (Å²) in [5.41, 5.74) is 6.58. The third kappa shape index (κ3) is 2.53. The van der Waals surface area contributed by atoms with E-state index in [-0.39, 0.29) is 0 Å². The summed E-state index contributed by atoms with van der Waals surface area (Å²) >= 11 is 5.82. The van der Waals surface area contributed by atoms with E-state index < -0.39 is 0 Å². The molecule has 0 aromatic carbocycles. The first-order valence-corrected chi connectivity index (χ1v) is 5.74. The van der Waals surface area contributed by atoms with Crippen molar-refractivity contribution in [3.63, 3.8) is 0 Å². The van der Waals surface area contributed by atoms with E-state index in [1.807, 2.05) is 0 Å². The lowest BCUT2D eigenvalue weighted by Crippen LogP contribution is -2.27. The highest BCUT2D eigenvalue weighted by atomic mass is 35.5. The first-order valence-electron chi connectivity index (χ1n) is 5.36. The number of nitrogen functional groups attached to an aromatic ring is 1. The van der Waals surface area contributed by atoms with Gasteiger partial charge in [0.15, 0.2) is 5.82 Å². The molecule has 0 unspecified atom stereocenters. The minimum Gasteiger partial charge on any atom is -0.396 e. The minimum absolute atomic E-state index is 0.596. The fraction of sp³-hybridized carbons (Fsp3) is 0.545. The van der Waals surface area contributed by atoms with Crippen LogP contribution in [0.5, 0.6) is 0 Å². The van der Waals surface area contributed by atoms with Crippen LogP contribution in [0.15, 0.2) is 12.3 Å². The predicted molar refractivity (Wildman–Crippen MR) is 64.3 cm³/mol. The summed E-state index contributed by atoms with van der Waals surface area (Å²) in [5.74, 6) is 1.70. The van der Waals surface area contributed by atoms with Gasteiger partial charge in [0, 0.05) is 19.3 Å². The summed E-state index contributed by atoms with van der Waals surface area (Å²) in [6.07, 6.45) is 4.33. The van der Waals surface area contributed by atoms with Crippen molar-refractivity contribution in [2.24, 2.45) is 5.92 Å². The van der Waals surface area contributed by atoms with Gasteiger partial charge in [0.1, 0.15) is 0 Å². The van der Waals surface area contributed by atoms with Crippen LogP contribution in [0, 0.1) is 5.92 Å². The second-order valence-electron chi connectivity index (χ2n) is 4.05. The molecule has 2 rings (SSSR count). The molecule has 1 saturated carbocycles. The second kappa shape index (κ2) is 4.27. The van der Waals surface area contributed by atoms with Crippen LogP contribution >= 0.6 is 11.6 Å². The monoisotopic (exact) mass is 225 g/mol. The van der Waals surface area contributed by atoms with E-state index in [2.05, 4.69) is 16.8 Å². The van der Waals surface area contributed by atoms with Gasteiger partial charge in [-0.25, -0.2) is 4.98 Å². The molecular formula is C11H16ClN3. The summed E-state index contributed by atoms with van der Waals surface area (Å²) in [6, 6.07) is 1.76. The maximum atomic E-state index is 5.91. The fourth-order valence-electron chi connectivity index (χ4n) is 1.69. The van der Waals surface area contributed by atoms with E-state index in [9.17, 15) is 0 Å². The van der Waals surface area contributed by atoms with Crippen molar-refractivity contribution in [3.05, 3.63) is 17.3 Å². The molecule has 0 aliphatic heterocycles. The molecular weight excluding hydrogens is 210 g/mol. The molecule has 1 heterocycles. The Labute approximate surface area is 95.2 Å². The second-order valence-corrected chi connectivity index (χ2v) is 4.48. The first-order chi connectivity index (χ1) is 7.20. The van der Waals surface area contributed by atoms with Crippen LogP contribution in [0.3, 0.4) is 0 Å². The van der Waals surface area contributed by atoms with Crippen molar-refractivity contribution < 1.29 is 0 Å². The molecule has 0 atom stereocenters. The molecule has 15 heavy (non-hydrogen) atoms. The third-order valence-electron chi connectivity index (χ3n) is 2.72. The van der Waals surface area contributed by atoms with Gasteiger partial charge in [-0.1, -0.05) is 11.6 Å². The lowest BCUT2D eigenvalue weighted by Gasteiger charge is -2.23. The molecule has 1 aromatic rings. The molecule has 1 aliphatic rings.